The quantitative estimate of drug-likeness (QED) is 0.230. The highest BCUT2D eigenvalue weighted by Gasteiger charge is 2.10. The Labute approximate surface area is 159 Å². The maximum atomic E-state index is 11.7. The highest BCUT2D eigenvalue weighted by Crippen LogP contribution is 2.12. The predicted octanol–water partition coefficient (Wildman–Crippen LogP) is 4.55. The molecule has 1 atom stereocenters. The summed E-state index contributed by atoms with van der Waals surface area (Å²) in [5, 5.41) is 11.6. The molecule has 1 amide bonds. The lowest BCUT2D eigenvalue weighted by molar-refractivity contribution is -0.138. The number of nitrogens with two attached hydrogens (primary N) is 1. The zero-order valence-corrected chi connectivity index (χ0v) is 16.5. The number of amides is 1. The first-order chi connectivity index (χ1) is 12.6. The van der Waals surface area contributed by atoms with E-state index in [0.29, 0.717) is 19.4 Å². The Morgan fingerprint density at radius 3 is 1.96 bits per heavy atom. The van der Waals surface area contributed by atoms with Crippen LogP contribution in [0.15, 0.2) is 12.7 Å². The van der Waals surface area contributed by atoms with Crippen LogP contribution in [0.25, 0.3) is 0 Å². The average molecular weight is 369 g/mol. The minimum atomic E-state index is -0.961. The number of hydrogen-bond acceptors (Lipinski definition) is 3. The molecular weight excluding hydrogens is 328 g/mol. The summed E-state index contributed by atoms with van der Waals surface area (Å²) in [5.74, 6) is -0.857. The molecule has 5 heteroatoms. The number of carboxylic acid groups (broad SMARTS) is 1. The van der Waals surface area contributed by atoms with Crippen molar-refractivity contribution in [3.05, 3.63) is 12.7 Å². The Hall–Kier alpha value is -1.36. The third kappa shape index (κ3) is 17.5. The molecule has 5 nitrogen and oxygen atoms in total. The Kier molecular flexibility index (Phi) is 17.5. The van der Waals surface area contributed by atoms with Crippen molar-refractivity contribution in [2.45, 2.75) is 102 Å². The maximum absolute atomic E-state index is 11.7. The van der Waals surface area contributed by atoms with Crippen molar-refractivity contribution >= 4 is 11.9 Å². The number of nitrogens with one attached hydrogen (secondary N) is 1. The van der Waals surface area contributed by atoms with E-state index in [1.54, 1.807) is 0 Å². The van der Waals surface area contributed by atoms with Gasteiger partial charge in [-0.2, -0.15) is 0 Å². The third-order valence-corrected chi connectivity index (χ3v) is 4.64. The summed E-state index contributed by atoms with van der Waals surface area (Å²) in [4.78, 5) is 22.3. The highest BCUT2D eigenvalue weighted by molar-refractivity contribution is 5.75. The smallest absolute Gasteiger partial charge is 0.320 e. The van der Waals surface area contributed by atoms with Gasteiger partial charge in [0, 0.05) is 13.0 Å². The van der Waals surface area contributed by atoms with Gasteiger partial charge >= 0.3 is 5.97 Å². The van der Waals surface area contributed by atoms with Crippen molar-refractivity contribution in [3.8, 4) is 0 Å². The molecule has 0 spiro atoms. The van der Waals surface area contributed by atoms with Gasteiger partial charge in [-0.15, -0.1) is 6.58 Å². The van der Waals surface area contributed by atoms with E-state index in [9.17, 15) is 9.59 Å². The summed E-state index contributed by atoms with van der Waals surface area (Å²) in [6.07, 6.45) is 18.2. The minimum absolute atomic E-state index is 0.104. The first kappa shape index (κ1) is 24.6. The molecule has 152 valence electrons. The molecule has 0 aromatic rings. The summed E-state index contributed by atoms with van der Waals surface area (Å²) < 4.78 is 0. The number of hydrogen-bond donors (Lipinski definition) is 3. The summed E-state index contributed by atoms with van der Waals surface area (Å²) in [6, 6.07) is -0.789. The second-order valence-corrected chi connectivity index (χ2v) is 7.15. The number of carbonyl (C=O) groups excluding carboxylic acids is 1. The van der Waals surface area contributed by atoms with Crippen molar-refractivity contribution in [1.29, 1.82) is 0 Å². The van der Waals surface area contributed by atoms with Crippen LogP contribution in [-0.2, 0) is 9.59 Å². The molecule has 0 aliphatic rings. The molecule has 0 radical (unpaired) electrons. The fraction of sp³-hybridized carbons (Fsp3) is 0.810. The largest absolute Gasteiger partial charge is 0.480 e. The molecule has 0 aliphatic carbocycles. The monoisotopic (exact) mass is 368 g/mol. The number of rotatable bonds is 19. The van der Waals surface area contributed by atoms with E-state index >= 15 is 0 Å². The molecular formula is C21H40N2O3. The molecule has 0 unspecified atom stereocenters. The predicted molar refractivity (Wildman–Crippen MR) is 108 cm³/mol. The van der Waals surface area contributed by atoms with Crippen molar-refractivity contribution in [1.82, 2.24) is 5.32 Å². The van der Waals surface area contributed by atoms with Gasteiger partial charge in [-0.1, -0.05) is 57.4 Å². The Morgan fingerprint density at radius 1 is 0.885 bits per heavy atom. The number of aliphatic carboxylic acids is 1. The first-order valence-corrected chi connectivity index (χ1v) is 10.4. The van der Waals surface area contributed by atoms with E-state index in [1.165, 1.54) is 51.4 Å². The van der Waals surface area contributed by atoms with Gasteiger partial charge in [0.2, 0.25) is 5.91 Å². The van der Waals surface area contributed by atoms with E-state index in [1.807, 2.05) is 6.08 Å². The second kappa shape index (κ2) is 18.4. The van der Waals surface area contributed by atoms with Crippen LogP contribution in [0, 0.1) is 0 Å². The standard InChI is InChI=1S/C21H40N2O3/c1-2-3-4-5-6-7-8-9-10-11-12-13-17-20(24)23-18-15-14-16-19(22)21(25)26/h2,19H,1,3-18,22H2,(H,23,24)(H,25,26)/t19-/m0/s1. The topological polar surface area (TPSA) is 92.4 Å². The SMILES string of the molecule is C=CCCCCCCCCCCCCC(=O)NCCCC[C@H](N)C(=O)O. The van der Waals surface area contributed by atoms with Crippen molar-refractivity contribution < 1.29 is 14.7 Å². The molecule has 0 heterocycles. The number of carbonyl (C=O) groups is 2. The van der Waals surface area contributed by atoms with Gasteiger partial charge in [0.15, 0.2) is 0 Å². The molecule has 4 N–H and O–H groups in total. The van der Waals surface area contributed by atoms with Gasteiger partial charge in [0.1, 0.15) is 6.04 Å². The molecule has 0 rings (SSSR count). The van der Waals surface area contributed by atoms with Crippen LogP contribution in [-0.4, -0.2) is 29.6 Å². The fourth-order valence-electron chi connectivity index (χ4n) is 2.92. The lowest BCUT2D eigenvalue weighted by Gasteiger charge is -2.07. The molecule has 0 aromatic carbocycles. The van der Waals surface area contributed by atoms with Gasteiger partial charge in [-0.25, -0.2) is 0 Å². The van der Waals surface area contributed by atoms with E-state index in [2.05, 4.69) is 11.9 Å². The maximum Gasteiger partial charge on any atom is 0.320 e. The van der Waals surface area contributed by atoms with Crippen LogP contribution in [0.3, 0.4) is 0 Å². The second-order valence-electron chi connectivity index (χ2n) is 7.15. The van der Waals surface area contributed by atoms with Crippen molar-refractivity contribution in [3.63, 3.8) is 0 Å². The summed E-state index contributed by atoms with van der Waals surface area (Å²) in [7, 11) is 0. The lowest BCUT2D eigenvalue weighted by Crippen LogP contribution is -2.30. The van der Waals surface area contributed by atoms with Gasteiger partial charge in [0.25, 0.3) is 0 Å². The summed E-state index contributed by atoms with van der Waals surface area (Å²) in [6.45, 7) is 4.35. The van der Waals surface area contributed by atoms with Crippen LogP contribution >= 0.6 is 0 Å². The number of allylic oxidation sites excluding steroid dienone is 1. The molecule has 0 saturated carbocycles. The van der Waals surface area contributed by atoms with Crippen molar-refractivity contribution in [2.75, 3.05) is 6.54 Å². The van der Waals surface area contributed by atoms with Gasteiger partial charge in [0.05, 0.1) is 0 Å². The summed E-state index contributed by atoms with van der Waals surface area (Å²) >= 11 is 0. The zero-order chi connectivity index (χ0) is 19.5. The molecule has 0 bridgehead atoms. The van der Waals surface area contributed by atoms with Crippen LogP contribution < -0.4 is 11.1 Å². The minimum Gasteiger partial charge on any atom is -0.480 e. The third-order valence-electron chi connectivity index (χ3n) is 4.64. The average Bonchev–Trinajstić information content (AvgIpc) is 2.62. The molecule has 26 heavy (non-hydrogen) atoms. The van der Waals surface area contributed by atoms with Gasteiger partial charge in [-0.3, -0.25) is 9.59 Å². The molecule has 0 aliphatic heterocycles. The fourth-order valence-corrected chi connectivity index (χ4v) is 2.92. The van der Waals surface area contributed by atoms with Crippen LogP contribution in [0.2, 0.25) is 0 Å². The van der Waals surface area contributed by atoms with Crippen molar-refractivity contribution in [2.24, 2.45) is 5.73 Å². The molecule has 0 fully saturated rings. The van der Waals surface area contributed by atoms with E-state index in [4.69, 9.17) is 10.8 Å². The van der Waals surface area contributed by atoms with E-state index in [-0.39, 0.29) is 5.91 Å². The normalized spacial score (nSPS) is 11.9. The number of unbranched alkanes of at least 4 members (excludes halogenated alkanes) is 11. The van der Waals surface area contributed by atoms with E-state index < -0.39 is 12.0 Å². The van der Waals surface area contributed by atoms with Crippen LogP contribution in [0.1, 0.15) is 96.3 Å². The molecule has 0 aromatic heterocycles. The van der Waals surface area contributed by atoms with Gasteiger partial charge in [-0.05, 0) is 38.5 Å². The van der Waals surface area contributed by atoms with E-state index in [0.717, 1.165) is 32.1 Å². The van der Waals surface area contributed by atoms with Gasteiger partial charge < -0.3 is 16.2 Å². The Morgan fingerprint density at radius 2 is 1.42 bits per heavy atom. The molecule has 0 saturated heterocycles. The Bertz CT molecular complexity index is 372. The lowest BCUT2D eigenvalue weighted by atomic mass is 10.1. The highest BCUT2D eigenvalue weighted by atomic mass is 16.4. The van der Waals surface area contributed by atoms with Crippen LogP contribution in [0.4, 0.5) is 0 Å². The Balaban J connectivity index is 3.24. The zero-order valence-electron chi connectivity index (χ0n) is 16.5. The number of carboxylic acids is 1. The van der Waals surface area contributed by atoms with Crippen LogP contribution in [0.5, 0.6) is 0 Å². The first-order valence-electron chi connectivity index (χ1n) is 10.4. The summed E-state index contributed by atoms with van der Waals surface area (Å²) in [5.41, 5.74) is 5.43.